The first-order chi connectivity index (χ1) is 17.8. The van der Waals surface area contributed by atoms with Crippen LogP contribution in [-0.4, -0.2) is 37.0 Å². The van der Waals surface area contributed by atoms with Crippen LogP contribution >= 0.6 is 0 Å². The Morgan fingerprint density at radius 2 is 1.16 bits per heavy atom. The maximum atomic E-state index is 12.2. The lowest BCUT2D eigenvalue weighted by Crippen LogP contribution is -2.51. The largest absolute Gasteiger partial charge is 0.466 e. The number of hydrogen-bond acceptors (Lipinski definition) is 4. The Morgan fingerprint density at radius 3 is 1.62 bits per heavy atom. The summed E-state index contributed by atoms with van der Waals surface area (Å²) in [5.74, 6) is -1.10. The molecule has 0 aromatic heterocycles. The fourth-order valence-corrected chi connectivity index (χ4v) is 2.92. The van der Waals surface area contributed by atoms with Gasteiger partial charge in [0.2, 0.25) is 11.8 Å². The third-order valence-electron chi connectivity index (χ3n) is 4.89. The van der Waals surface area contributed by atoms with Crippen molar-refractivity contribution in [2.24, 2.45) is 0 Å². The Labute approximate surface area is 224 Å². The van der Waals surface area contributed by atoms with Crippen molar-refractivity contribution >= 4 is 17.8 Å². The molecule has 0 spiro atoms. The van der Waals surface area contributed by atoms with E-state index in [1.54, 1.807) is 0 Å². The number of hydrogen-bond donors (Lipinski definition) is 2. The summed E-state index contributed by atoms with van der Waals surface area (Å²) in [6, 6.07) is 0. The lowest BCUT2D eigenvalue weighted by atomic mass is 10.1. The van der Waals surface area contributed by atoms with Gasteiger partial charge in [-0.25, -0.2) is 4.79 Å². The molecule has 0 saturated carbocycles. The van der Waals surface area contributed by atoms with Crippen LogP contribution in [0.2, 0.25) is 0 Å². The average molecular weight is 511 g/mol. The smallest absolute Gasteiger partial charge is 0.330 e. The van der Waals surface area contributed by atoms with E-state index in [1.165, 1.54) is 7.11 Å². The van der Waals surface area contributed by atoms with Crippen LogP contribution in [0.3, 0.4) is 0 Å². The van der Waals surface area contributed by atoms with Crippen molar-refractivity contribution in [3.63, 3.8) is 0 Å². The van der Waals surface area contributed by atoms with Crippen LogP contribution in [0.25, 0.3) is 0 Å². The molecule has 0 aromatic rings. The zero-order valence-electron chi connectivity index (χ0n) is 23.1. The highest BCUT2D eigenvalue weighted by Crippen LogP contribution is 2.03. The molecular formula is C31H46N2O4. The molecule has 0 fully saturated rings. The molecule has 0 saturated heterocycles. The molecule has 0 rings (SSSR count). The van der Waals surface area contributed by atoms with Gasteiger partial charge in [-0.05, 0) is 58.8 Å². The van der Waals surface area contributed by atoms with Crippen molar-refractivity contribution < 1.29 is 19.1 Å². The van der Waals surface area contributed by atoms with Gasteiger partial charge in [0.25, 0.3) is 0 Å². The first kappa shape index (κ1) is 33.6. The molecule has 0 aromatic carbocycles. The highest BCUT2D eigenvalue weighted by Gasteiger charge is 2.20. The molecule has 0 aliphatic rings. The van der Waals surface area contributed by atoms with Crippen LogP contribution in [-0.2, 0) is 19.1 Å². The number of methoxy groups -OCH3 is 1. The van der Waals surface area contributed by atoms with E-state index in [1.807, 2.05) is 19.9 Å². The minimum atomic E-state index is -0.607. The number of nitrogens with one attached hydrogen (secondary N) is 2. The Morgan fingerprint density at radius 1 is 0.703 bits per heavy atom. The van der Waals surface area contributed by atoms with Crippen LogP contribution in [0.1, 0.15) is 72.1 Å². The van der Waals surface area contributed by atoms with Gasteiger partial charge in [-0.3, -0.25) is 9.59 Å². The van der Waals surface area contributed by atoms with E-state index in [0.29, 0.717) is 12.8 Å². The van der Waals surface area contributed by atoms with Crippen molar-refractivity contribution in [2.45, 2.75) is 77.7 Å². The molecule has 0 bridgehead atoms. The van der Waals surface area contributed by atoms with Gasteiger partial charge in [-0.15, -0.1) is 0 Å². The van der Waals surface area contributed by atoms with E-state index in [4.69, 9.17) is 0 Å². The van der Waals surface area contributed by atoms with Crippen LogP contribution in [0.4, 0.5) is 0 Å². The van der Waals surface area contributed by atoms with Gasteiger partial charge in [0.1, 0.15) is 0 Å². The monoisotopic (exact) mass is 510 g/mol. The van der Waals surface area contributed by atoms with Gasteiger partial charge in [-0.2, -0.15) is 0 Å². The summed E-state index contributed by atoms with van der Waals surface area (Å²) < 4.78 is 4.43. The van der Waals surface area contributed by atoms with Crippen LogP contribution in [0, 0.1) is 0 Å². The lowest BCUT2D eigenvalue weighted by molar-refractivity contribution is -0.135. The summed E-state index contributed by atoms with van der Waals surface area (Å²) in [5.41, 5.74) is -0.607. The minimum absolute atomic E-state index is 0.0797. The fraction of sp³-hybridized carbons (Fsp3) is 0.452. The Kier molecular flexibility index (Phi) is 20.9. The third-order valence-corrected chi connectivity index (χ3v) is 4.89. The van der Waals surface area contributed by atoms with Crippen LogP contribution < -0.4 is 10.6 Å². The topological polar surface area (TPSA) is 84.5 Å². The highest BCUT2D eigenvalue weighted by molar-refractivity contribution is 5.94. The minimum Gasteiger partial charge on any atom is -0.466 e. The summed E-state index contributed by atoms with van der Waals surface area (Å²) >= 11 is 0. The number of amides is 2. The number of carbonyl (C=O) groups excluding carboxylic acids is 3. The van der Waals surface area contributed by atoms with Crippen molar-refractivity contribution in [3.05, 3.63) is 85.1 Å². The number of rotatable bonds is 19. The molecule has 0 radical (unpaired) electrons. The van der Waals surface area contributed by atoms with Gasteiger partial charge in [0, 0.05) is 25.1 Å². The summed E-state index contributed by atoms with van der Waals surface area (Å²) in [4.78, 5) is 34.9. The summed E-state index contributed by atoms with van der Waals surface area (Å²) in [7, 11) is 1.24. The highest BCUT2D eigenvalue weighted by atomic mass is 16.5. The van der Waals surface area contributed by atoms with Gasteiger partial charge >= 0.3 is 5.97 Å². The summed E-state index contributed by atoms with van der Waals surface area (Å²) in [6.07, 6.45) is 34.8. The molecule has 6 heteroatoms. The second kappa shape index (κ2) is 23.0. The molecule has 0 aliphatic carbocycles. The molecule has 204 valence electrons. The number of allylic oxidation sites excluding steroid dienone is 12. The van der Waals surface area contributed by atoms with E-state index in [2.05, 4.69) is 89.1 Å². The van der Waals surface area contributed by atoms with Gasteiger partial charge in [0.05, 0.1) is 12.6 Å². The van der Waals surface area contributed by atoms with Gasteiger partial charge in [-0.1, -0.05) is 79.8 Å². The molecule has 37 heavy (non-hydrogen) atoms. The van der Waals surface area contributed by atoms with Crippen molar-refractivity contribution in [3.8, 4) is 0 Å². The lowest BCUT2D eigenvalue weighted by Gasteiger charge is -2.26. The number of carbonyl (C=O) groups is 3. The molecule has 2 amide bonds. The van der Waals surface area contributed by atoms with Crippen LogP contribution in [0.5, 0.6) is 0 Å². The van der Waals surface area contributed by atoms with E-state index in [0.717, 1.165) is 50.7 Å². The Bertz CT molecular complexity index is 858. The van der Waals surface area contributed by atoms with E-state index in [-0.39, 0.29) is 12.5 Å². The van der Waals surface area contributed by atoms with E-state index >= 15 is 0 Å². The number of ether oxygens (including phenoxy) is 1. The second-order valence-electron chi connectivity index (χ2n) is 8.96. The zero-order valence-corrected chi connectivity index (χ0v) is 23.1. The van der Waals surface area contributed by atoms with Crippen molar-refractivity contribution in [2.75, 3.05) is 13.7 Å². The second-order valence-corrected chi connectivity index (χ2v) is 8.96. The third kappa shape index (κ3) is 24.1. The van der Waals surface area contributed by atoms with Crippen molar-refractivity contribution in [1.29, 1.82) is 0 Å². The molecule has 0 aliphatic heterocycles. The normalized spacial score (nSPS) is 12.9. The van der Waals surface area contributed by atoms with Crippen LogP contribution in [0.15, 0.2) is 85.1 Å². The summed E-state index contributed by atoms with van der Waals surface area (Å²) in [6.45, 7) is 6.03. The summed E-state index contributed by atoms with van der Waals surface area (Å²) in [5, 5.41) is 5.57. The molecule has 6 nitrogen and oxygen atoms in total. The number of esters is 1. The van der Waals surface area contributed by atoms with Crippen molar-refractivity contribution in [1.82, 2.24) is 10.6 Å². The Balaban J connectivity index is 3.91. The predicted molar refractivity (Wildman–Crippen MR) is 154 cm³/mol. The van der Waals surface area contributed by atoms with Gasteiger partial charge < -0.3 is 15.4 Å². The SMILES string of the molecule is CCC=CCC=CCC=CCC=CCC=CCC=CCCC(=O)NC(C)(C)CNC(=O)C=CC(=O)OC. The maximum absolute atomic E-state index is 12.2. The first-order valence-electron chi connectivity index (χ1n) is 13.1. The molecule has 0 unspecified atom stereocenters. The fourth-order valence-electron chi connectivity index (χ4n) is 2.92. The van der Waals surface area contributed by atoms with E-state index < -0.39 is 17.4 Å². The maximum Gasteiger partial charge on any atom is 0.330 e. The van der Waals surface area contributed by atoms with Gasteiger partial charge in [0.15, 0.2) is 0 Å². The molecule has 2 N–H and O–H groups in total. The van der Waals surface area contributed by atoms with E-state index in [9.17, 15) is 14.4 Å². The molecule has 0 atom stereocenters. The average Bonchev–Trinajstić information content (AvgIpc) is 2.87. The quantitative estimate of drug-likeness (QED) is 0.123. The molecule has 0 heterocycles. The zero-order chi connectivity index (χ0) is 27.6. The Hall–Kier alpha value is -3.41. The predicted octanol–water partition coefficient (Wildman–Crippen LogP) is 6.20. The first-order valence-corrected chi connectivity index (χ1v) is 13.1. The standard InChI is InChI=1S/C31H46N2O4/c1-5-6-7-8-9-10-11-12-13-14-15-16-17-18-19-20-21-22-23-24-29(35)33-31(2,3)27-32-28(34)25-26-30(36)37-4/h6-7,9-10,12-13,15-16,18-19,21-22,25-26H,5,8,11,14,17,20,23-24,27H2,1-4H3,(H,32,34)(H,33,35). The molecular weight excluding hydrogens is 464 g/mol.